The fourth-order valence-corrected chi connectivity index (χ4v) is 2.18. The van der Waals surface area contributed by atoms with Crippen molar-refractivity contribution in [1.82, 2.24) is 0 Å². The van der Waals surface area contributed by atoms with Gasteiger partial charge in [0.1, 0.15) is 6.61 Å². The van der Waals surface area contributed by atoms with Crippen LogP contribution in [-0.2, 0) is 33.3 Å². The van der Waals surface area contributed by atoms with Crippen LogP contribution >= 0.6 is 0 Å². The molecule has 0 heterocycles. The molecule has 1 N–H and O–H groups in total. The fraction of sp³-hybridized carbons (Fsp3) is 0.765. The second kappa shape index (κ2) is 15.7. The highest BCUT2D eigenvalue weighted by Crippen LogP contribution is 2.15. The summed E-state index contributed by atoms with van der Waals surface area (Å²) < 4.78 is 22.7. The van der Waals surface area contributed by atoms with Crippen molar-refractivity contribution in [3.63, 3.8) is 0 Å². The van der Waals surface area contributed by atoms with Gasteiger partial charge in [0.2, 0.25) is 6.79 Å². The molecule has 10 heteroatoms. The highest BCUT2D eigenvalue weighted by molar-refractivity contribution is 5.73. The maximum Gasteiger partial charge on any atom is 0.510 e. The maximum atomic E-state index is 12.0. The number of methoxy groups -OCH3 is 2. The number of carbonyl (C=O) groups excluding carboxylic acids is 3. The van der Waals surface area contributed by atoms with E-state index in [0.29, 0.717) is 19.3 Å². The van der Waals surface area contributed by atoms with E-state index >= 15 is 0 Å². The number of rotatable bonds is 14. The molecule has 0 aromatic heterocycles. The fourth-order valence-electron chi connectivity index (χ4n) is 2.18. The lowest BCUT2D eigenvalue weighted by Crippen LogP contribution is -2.26. The van der Waals surface area contributed by atoms with Gasteiger partial charge < -0.3 is 28.8 Å². The van der Waals surface area contributed by atoms with E-state index in [1.165, 1.54) is 0 Å². The molecule has 0 aliphatic heterocycles. The molecule has 0 saturated heterocycles. The Morgan fingerprint density at radius 2 is 1.33 bits per heavy atom. The van der Waals surface area contributed by atoms with Crippen LogP contribution in [0.2, 0.25) is 0 Å². The van der Waals surface area contributed by atoms with E-state index in [1.807, 2.05) is 0 Å². The second-order valence-electron chi connectivity index (χ2n) is 5.70. The largest absolute Gasteiger partial charge is 0.510 e. The molecule has 0 rings (SSSR count). The van der Waals surface area contributed by atoms with Gasteiger partial charge in [-0.1, -0.05) is 32.1 Å². The van der Waals surface area contributed by atoms with Crippen LogP contribution in [0.5, 0.6) is 0 Å². The molecule has 0 spiro atoms. The van der Waals surface area contributed by atoms with Crippen LogP contribution in [0.25, 0.3) is 0 Å². The Morgan fingerprint density at radius 3 is 1.93 bits per heavy atom. The first-order valence-electron chi connectivity index (χ1n) is 8.70. The van der Waals surface area contributed by atoms with Gasteiger partial charge in [-0.25, -0.2) is 9.59 Å². The van der Waals surface area contributed by atoms with Crippen molar-refractivity contribution in [3.8, 4) is 0 Å². The topological polar surface area (TPSA) is 135 Å². The number of hydrogen-bond acceptors (Lipinski definition) is 9. The van der Waals surface area contributed by atoms with E-state index in [0.717, 1.165) is 39.9 Å². The average Bonchev–Trinajstić information content (AvgIpc) is 2.65. The van der Waals surface area contributed by atoms with Gasteiger partial charge in [0.15, 0.2) is 0 Å². The van der Waals surface area contributed by atoms with Gasteiger partial charge in [-0.3, -0.25) is 9.59 Å². The maximum absolute atomic E-state index is 12.0. The highest BCUT2D eigenvalue weighted by Gasteiger charge is 2.22. The highest BCUT2D eigenvalue weighted by atomic mass is 16.8. The van der Waals surface area contributed by atoms with Crippen molar-refractivity contribution in [1.29, 1.82) is 0 Å². The first-order chi connectivity index (χ1) is 12.9. The third kappa shape index (κ3) is 14.3. The number of hydrogen-bond donors (Lipinski definition) is 1. The van der Waals surface area contributed by atoms with Gasteiger partial charge in [0, 0.05) is 6.42 Å². The van der Waals surface area contributed by atoms with Gasteiger partial charge in [0.25, 0.3) is 0 Å². The minimum Gasteiger partial charge on any atom is -0.481 e. The Bertz CT molecular complexity index is 463. The molecular weight excluding hydrogens is 364 g/mol. The summed E-state index contributed by atoms with van der Waals surface area (Å²) in [6.45, 7) is -0.799. The van der Waals surface area contributed by atoms with Gasteiger partial charge >= 0.3 is 24.2 Å². The van der Waals surface area contributed by atoms with Crippen LogP contribution in [-0.4, -0.2) is 57.0 Å². The summed E-state index contributed by atoms with van der Waals surface area (Å²) in [6, 6.07) is 0. The minimum absolute atomic E-state index is 0.173. The first kappa shape index (κ1) is 24.5. The smallest absolute Gasteiger partial charge is 0.481 e. The number of ether oxygens (including phenoxy) is 5. The van der Waals surface area contributed by atoms with Crippen LogP contribution in [0, 0.1) is 5.92 Å². The molecule has 0 radical (unpaired) electrons. The number of aliphatic carboxylic acids is 1. The van der Waals surface area contributed by atoms with E-state index in [-0.39, 0.29) is 13.0 Å². The standard InChI is InChI=1S/C17H28O10/c1-23-16(21)25-11-13(15(20)26-12-27-17(22)24-2)9-7-5-3-4-6-8-10-14(18)19/h13H,3-12H2,1-2H3,(H,18,19). The van der Waals surface area contributed by atoms with E-state index in [2.05, 4.69) is 14.2 Å². The molecule has 0 aromatic carbocycles. The van der Waals surface area contributed by atoms with E-state index < -0.39 is 37.0 Å². The molecule has 1 unspecified atom stereocenters. The zero-order chi connectivity index (χ0) is 20.5. The molecule has 0 amide bonds. The number of carbonyl (C=O) groups is 4. The molecule has 0 bridgehead atoms. The van der Waals surface area contributed by atoms with Gasteiger partial charge in [0.05, 0.1) is 20.1 Å². The quantitative estimate of drug-likeness (QED) is 0.203. The van der Waals surface area contributed by atoms with Gasteiger partial charge in [-0.05, 0) is 12.8 Å². The van der Waals surface area contributed by atoms with E-state index in [4.69, 9.17) is 14.6 Å². The summed E-state index contributed by atoms with van der Waals surface area (Å²) >= 11 is 0. The molecule has 0 aromatic rings. The summed E-state index contributed by atoms with van der Waals surface area (Å²) in [7, 11) is 2.28. The van der Waals surface area contributed by atoms with Crippen LogP contribution < -0.4 is 0 Å². The summed E-state index contributed by atoms with van der Waals surface area (Å²) in [5.74, 6) is -2.17. The normalized spacial score (nSPS) is 11.2. The average molecular weight is 392 g/mol. The van der Waals surface area contributed by atoms with Crippen molar-refractivity contribution in [2.75, 3.05) is 27.6 Å². The lowest BCUT2D eigenvalue weighted by atomic mass is 10.0. The van der Waals surface area contributed by atoms with Gasteiger partial charge in [-0.15, -0.1) is 0 Å². The Labute approximate surface area is 158 Å². The number of carboxylic acids is 1. The number of carboxylic acid groups (broad SMARTS) is 1. The van der Waals surface area contributed by atoms with Crippen molar-refractivity contribution in [2.45, 2.75) is 51.4 Å². The Balaban J connectivity index is 4.14. The predicted molar refractivity (Wildman–Crippen MR) is 90.9 cm³/mol. The second-order valence-corrected chi connectivity index (χ2v) is 5.70. The summed E-state index contributed by atoms with van der Waals surface area (Å²) in [6.07, 6.45) is 3.56. The molecule has 0 saturated carbocycles. The predicted octanol–water partition coefficient (Wildman–Crippen LogP) is 2.87. The molecular formula is C17H28O10. The van der Waals surface area contributed by atoms with E-state index in [9.17, 15) is 19.2 Å². The molecule has 1 atom stereocenters. The lowest BCUT2D eigenvalue weighted by molar-refractivity contribution is -0.160. The SMILES string of the molecule is COC(=O)OCOC(=O)C(CCCCCCCCC(=O)O)COC(=O)OC. The van der Waals surface area contributed by atoms with Crippen molar-refractivity contribution in [3.05, 3.63) is 0 Å². The molecule has 0 aliphatic rings. The minimum atomic E-state index is -0.979. The van der Waals surface area contributed by atoms with Crippen LogP contribution in [0.15, 0.2) is 0 Å². The van der Waals surface area contributed by atoms with E-state index in [1.54, 1.807) is 0 Å². The third-order valence-electron chi connectivity index (χ3n) is 3.64. The molecule has 0 aliphatic carbocycles. The van der Waals surface area contributed by atoms with Crippen molar-refractivity contribution >= 4 is 24.2 Å². The molecule has 10 nitrogen and oxygen atoms in total. The summed E-state index contributed by atoms with van der Waals surface area (Å²) in [5.41, 5.74) is 0. The monoisotopic (exact) mass is 392 g/mol. The van der Waals surface area contributed by atoms with Crippen molar-refractivity contribution in [2.24, 2.45) is 5.92 Å². The zero-order valence-electron chi connectivity index (χ0n) is 15.8. The van der Waals surface area contributed by atoms with Crippen molar-refractivity contribution < 1.29 is 48.0 Å². The Kier molecular flexibility index (Phi) is 14.2. The number of unbranched alkanes of at least 4 members (excludes halogenated alkanes) is 5. The molecule has 0 fully saturated rings. The summed E-state index contributed by atoms with van der Waals surface area (Å²) in [5, 5.41) is 8.56. The zero-order valence-corrected chi connectivity index (χ0v) is 15.8. The van der Waals surface area contributed by atoms with Gasteiger partial charge in [-0.2, -0.15) is 0 Å². The number of esters is 1. The summed E-state index contributed by atoms with van der Waals surface area (Å²) in [4.78, 5) is 44.4. The van der Waals surface area contributed by atoms with Crippen LogP contribution in [0.4, 0.5) is 9.59 Å². The van der Waals surface area contributed by atoms with Crippen LogP contribution in [0.3, 0.4) is 0 Å². The first-order valence-corrected chi connectivity index (χ1v) is 8.70. The molecule has 27 heavy (non-hydrogen) atoms. The Morgan fingerprint density at radius 1 is 0.778 bits per heavy atom. The third-order valence-corrected chi connectivity index (χ3v) is 3.64. The molecule has 156 valence electrons. The van der Waals surface area contributed by atoms with Crippen LogP contribution in [0.1, 0.15) is 51.4 Å². The Hall–Kier alpha value is -2.52. The lowest BCUT2D eigenvalue weighted by Gasteiger charge is -2.15.